The Morgan fingerprint density at radius 1 is 1.29 bits per heavy atom. The van der Waals surface area contributed by atoms with Crippen LogP contribution in [-0.4, -0.2) is 23.0 Å². The van der Waals surface area contributed by atoms with E-state index in [1.54, 1.807) is 0 Å². The molecule has 0 saturated carbocycles. The molecular formula is C18H27ClN2. The van der Waals surface area contributed by atoms with Crippen molar-refractivity contribution in [3.63, 3.8) is 0 Å². The van der Waals surface area contributed by atoms with Crippen molar-refractivity contribution < 1.29 is 0 Å². The molecule has 2 nitrogen and oxygen atoms in total. The molecule has 2 heterocycles. The van der Waals surface area contributed by atoms with Crippen LogP contribution in [0.5, 0.6) is 0 Å². The van der Waals surface area contributed by atoms with E-state index in [0.717, 1.165) is 13.0 Å². The molecule has 2 rings (SSSR count). The average molecular weight is 307 g/mol. The van der Waals surface area contributed by atoms with Crippen molar-refractivity contribution in [2.24, 2.45) is 0 Å². The van der Waals surface area contributed by atoms with Crippen LogP contribution in [-0.2, 0) is 0 Å². The van der Waals surface area contributed by atoms with Crippen molar-refractivity contribution in [3.8, 4) is 11.8 Å². The first kappa shape index (κ1) is 18.0. The highest BCUT2D eigenvalue weighted by Crippen LogP contribution is 2.29. The SMILES string of the molecule is CCCCCC#CCN1CCCCC1c1cccnc1.Cl. The van der Waals surface area contributed by atoms with Gasteiger partial charge in [0.05, 0.1) is 6.54 Å². The Morgan fingerprint density at radius 3 is 2.95 bits per heavy atom. The van der Waals surface area contributed by atoms with Crippen LogP contribution in [0.15, 0.2) is 24.5 Å². The summed E-state index contributed by atoms with van der Waals surface area (Å²) in [4.78, 5) is 6.78. The maximum atomic E-state index is 4.26. The van der Waals surface area contributed by atoms with Crippen molar-refractivity contribution in [2.75, 3.05) is 13.1 Å². The number of nitrogens with zero attached hydrogens (tertiary/aromatic N) is 2. The van der Waals surface area contributed by atoms with Gasteiger partial charge in [-0.05, 0) is 37.4 Å². The van der Waals surface area contributed by atoms with Gasteiger partial charge in [0.15, 0.2) is 0 Å². The molecule has 0 aliphatic carbocycles. The minimum Gasteiger partial charge on any atom is -0.285 e. The van der Waals surface area contributed by atoms with Crippen LogP contribution in [0.4, 0.5) is 0 Å². The summed E-state index contributed by atoms with van der Waals surface area (Å²) >= 11 is 0. The normalized spacial score (nSPS) is 18.4. The highest BCUT2D eigenvalue weighted by atomic mass is 35.5. The minimum absolute atomic E-state index is 0. The van der Waals surface area contributed by atoms with Crippen molar-refractivity contribution >= 4 is 12.4 Å². The number of piperidine rings is 1. The van der Waals surface area contributed by atoms with E-state index in [1.165, 1.54) is 50.6 Å². The average Bonchev–Trinajstić information content (AvgIpc) is 2.52. The Balaban J connectivity index is 0.00000220. The second kappa shape index (κ2) is 10.7. The quantitative estimate of drug-likeness (QED) is 0.583. The topological polar surface area (TPSA) is 16.1 Å². The number of likely N-dealkylation sites (tertiary alicyclic amines) is 1. The molecule has 1 aromatic heterocycles. The lowest BCUT2D eigenvalue weighted by Gasteiger charge is -2.34. The second-order valence-electron chi connectivity index (χ2n) is 5.58. The van der Waals surface area contributed by atoms with Crippen LogP contribution in [0.2, 0.25) is 0 Å². The lowest BCUT2D eigenvalue weighted by molar-refractivity contribution is 0.169. The largest absolute Gasteiger partial charge is 0.285 e. The fourth-order valence-corrected chi connectivity index (χ4v) is 2.84. The third-order valence-corrected chi connectivity index (χ3v) is 4.00. The molecule has 0 radical (unpaired) electrons. The van der Waals surface area contributed by atoms with Gasteiger partial charge in [-0.25, -0.2) is 0 Å². The van der Waals surface area contributed by atoms with Gasteiger partial charge < -0.3 is 0 Å². The number of hydrogen-bond donors (Lipinski definition) is 0. The third-order valence-electron chi connectivity index (χ3n) is 4.00. The molecule has 1 fully saturated rings. The lowest BCUT2D eigenvalue weighted by Crippen LogP contribution is -2.33. The number of aromatic nitrogens is 1. The number of halogens is 1. The van der Waals surface area contributed by atoms with Gasteiger partial charge in [0.25, 0.3) is 0 Å². The van der Waals surface area contributed by atoms with E-state index in [2.05, 4.69) is 34.7 Å². The molecule has 1 aromatic rings. The lowest BCUT2D eigenvalue weighted by atomic mass is 9.96. The standard InChI is InChI=1S/C18H26N2.ClH/c1-2-3-4-5-6-8-14-20-15-9-7-12-18(20)17-11-10-13-19-16-17;/h10-11,13,16,18H,2-5,7,9,12,14-15H2,1H3;1H. The predicted octanol–water partition coefficient (Wildman–Crippen LogP) is 4.61. The summed E-state index contributed by atoms with van der Waals surface area (Å²) in [5.74, 6) is 6.70. The molecule has 1 aliphatic heterocycles. The Morgan fingerprint density at radius 2 is 2.19 bits per heavy atom. The summed E-state index contributed by atoms with van der Waals surface area (Å²) in [6.45, 7) is 4.31. The molecule has 3 heteroatoms. The maximum Gasteiger partial charge on any atom is 0.0606 e. The van der Waals surface area contributed by atoms with E-state index in [-0.39, 0.29) is 12.4 Å². The molecule has 1 aliphatic rings. The summed E-state index contributed by atoms with van der Waals surface area (Å²) < 4.78 is 0. The van der Waals surface area contributed by atoms with E-state index in [0.29, 0.717) is 6.04 Å². The molecule has 0 bridgehead atoms. The molecule has 0 N–H and O–H groups in total. The third kappa shape index (κ3) is 6.08. The fraction of sp³-hybridized carbons (Fsp3) is 0.611. The summed E-state index contributed by atoms with van der Waals surface area (Å²) in [5, 5.41) is 0. The molecule has 1 atom stereocenters. The highest BCUT2D eigenvalue weighted by Gasteiger charge is 2.22. The van der Waals surface area contributed by atoms with Gasteiger partial charge in [0.2, 0.25) is 0 Å². The Hall–Kier alpha value is -1.04. The molecular weight excluding hydrogens is 280 g/mol. The zero-order chi connectivity index (χ0) is 14.0. The second-order valence-corrected chi connectivity index (χ2v) is 5.58. The smallest absolute Gasteiger partial charge is 0.0606 e. The van der Waals surface area contributed by atoms with E-state index < -0.39 is 0 Å². The number of pyridine rings is 1. The Kier molecular flexibility index (Phi) is 9.14. The van der Waals surface area contributed by atoms with Crippen molar-refractivity contribution in [1.29, 1.82) is 0 Å². The summed E-state index contributed by atoms with van der Waals surface area (Å²) in [6.07, 6.45) is 12.6. The number of unbranched alkanes of at least 4 members (excludes halogenated alkanes) is 3. The fourth-order valence-electron chi connectivity index (χ4n) is 2.84. The van der Waals surface area contributed by atoms with Gasteiger partial charge in [0, 0.05) is 24.9 Å². The number of rotatable bonds is 5. The van der Waals surface area contributed by atoms with Crippen molar-refractivity contribution in [2.45, 2.75) is 57.9 Å². The van der Waals surface area contributed by atoms with Gasteiger partial charge in [-0.3, -0.25) is 9.88 Å². The minimum atomic E-state index is 0. The van der Waals surface area contributed by atoms with E-state index >= 15 is 0 Å². The highest BCUT2D eigenvalue weighted by molar-refractivity contribution is 5.85. The van der Waals surface area contributed by atoms with E-state index in [9.17, 15) is 0 Å². The van der Waals surface area contributed by atoms with Crippen LogP contribution in [0.3, 0.4) is 0 Å². The summed E-state index contributed by atoms with van der Waals surface area (Å²) in [6, 6.07) is 4.76. The molecule has 21 heavy (non-hydrogen) atoms. The summed E-state index contributed by atoms with van der Waals surface area (Å²) in [5.41, 5.74) is 1.35. The van der Waals surface area contributed by atoms with Crippen LogP contribution in [0.1, 0.15) is 63.5 Å². The van der Waals surface area contributed by atoms with Crippen LogP contribution in [0.25, 0.3) is 0 Å². The number of hydrogen-bond acceptors (Lipinski definition) is 2. The maximum absolute atomic E-state index is 4.26. The van der Waals surface area contributed by atoms with Crippen molar-refractivity contribution in [3.05, 3.63) is 30.1 Å². The van der Waals surface area contributed by atoms with Gasteiger partial charge in [-0.2, -0.15) is 0 Å². The zero-order valence-corrected chi connectivity index (χ0v) is 13.9. The van der Waals surface area contributed by atoms with Crippen LogP contribution in [0, 0.1) is 11.8 Å². The van der Waals surface area contributed by atoms with Crippen molar-refractivity contribution in [1.82, 2.24) is 9.88 Å². The summed E-state index contributed by atoms with van der Waals surface area (Å²) in [7, 11) is 0. The molecule has 0 amide bonds. The molecule has 116 valence electrons. The first-order chi connectivity index (χ1) is 9.92. The van der Waals surface area contributed by atoms with Gasteiger partial charge in [0.1, 0.15) is 0 Å². The molecule has 1 saturated heterocycles. The first-order valence-corrected chi connectivity index (χ1v) is 8.01. The Bertz CT molecular complexity index is 436. The van der Waals surface area contributed by atoms with E-state index in [4.69, 9.17) is 0 Å². The monoisotopic (exact) mass is 306 g/mol. The van der Waals surface area contributed by atoms with Crippen LogP contribution < -0.4 is 0 Å². The molecule has 0 aromatic carbocycles. The predicted molar refractivity (Wildman–Crippen MR) is 91.6 cm³/mol. The van der Waals surface area contributed by atoms with Gasteiger partial charge in [-0.1, -0.05) is 38.2 Å². The Labute approximate surface area is 135 Å². The van der Waals surface area contributed by atoms with Crippen LogP contribution >= 0.6 is 12.4 Å². The van der Waals surface area contributed by atoms with Gasteiger partial charge >= 0.3 is 0 Å². The first-order valence-electron chi connectivity index (χ1n) is 8.01. The zero-order valence-electron chi connectivity index (χ0n) is 13.1. The molecule has 1 unspecified atom stereocenters. The molecule has 0 spiro atoms. The van der Waals surface area contributed by atoms with Gasteiger partial charge in [-0.15, -0.1) is 18.3 Å². The van der Waals surface area contributed by atoms with E-state index in [1.807, 2.05) is 18.5 Å².